The fraction of sp³-hybridized carbons (Fsp3) is 0.176. The average molecular weight is 330 g/mol. The molecule has 2 aromatic carbocycles. The first-order valence-electron chi connectivity index (χ1n) is 6.94. The normalized spacial score (nSPS) is 10.5. The van der Waals surface area contributed by atoms with Crippen LogP contribution in [0.2, 0.25) is 0 Å². The summed E-state index contributed by atoms with van der Waals surface area (Å²) in [5, 5.41) is 3.91. The minimum absolute atomic E-state index is 0.136. The first-order chi connectivity index (χ1) is 11.2. The lowest BCUT2D eigenvalue weighted by molar-refractivity contribution is -0.123. The van der Waals surface area contributed by atoms with Gasteiger partial charge in [-0.25, -0.2) is 5.43 Å². The Morgan fingerprint density at radius 2 is 1.87 bits per heavy atom. The van der Waals surface area contributed by atoms with Gasteiger partial charge >= 0.3 is 0 Å². The molecule has 2 rings (SSSR count). The Hall–Kier alpha value is -2.47. The van der Waals surface area contributed by atoms with E-state index in [1.807, 2.05) is 42.7 Å². The lowest BCUT2D eigenvalue weighted by Crippen LogP contribution is -2.24. The van der Waals surface area contributed by atoms with E-state index < -0.39 is 0 Å². The van der Waals surface area contributed by atoms with Crippen LogP contribution in [0.25, 0.3) is 0 Å². The number of rotatable bonds is 7. The molecule has 0 spiro atoms. The number of amides is 1. The van der Waals surface area contributed by atoms with Gasteiger partial charge in [-0.05, 0) is 36.1 Å². The lowest BCUT2D eigenvalue weighted by atomic mass is 10.2. The van der Waals surface area contributed by atoms with Crippen LogP contribution in [0.4, 0.5) is 0 Å². The van der Waals surface area contributed by atoms with Crippen LogP contribution < -0.4 is 14.9 Å². The fourth-order valence-corrected chi connectivity index (χ4v) is 2.19. The van der Waals surface area contributed by atoms with Crippen LogP contribution in [0.3, 0.4) is 0 Å². The zero-order valence-electron chi connectivity index (χ0n) is 13.0. The summed E-state index contributed by atoms with van der Waals surface area (Å²) in [4.78, 5) is 12.9. The molecule has 0 heterocycles. The van der Waals surface area contributed by atoms with Crippen molar-refractivity contribution in [1.82, 2.24) is 5.43 Å². The second-order valence-electron chi connectivity index (χ2n) is 4.51. The van der Waals surface area contributed by atoms with Gasteiger partial charge in [0.2, 0.25) is 0 Å². The van der Waals surface area contributed by atoms with E-state index in [0.717, 1.165) is 5.56 Å². The van der Waals surface area contributed by atoms with Gasteiger partial charge in [0.15, 0.2) is 18.1 Å². The van der Waals surface area contributed by atoms with Crippen LogP contribution in [-0.4, -0.2) is 32.1 Å². The van der Waals surface area contributed by atoms with Gasteiger partial charge in [0.25, 0.3) is 5.91 Å². The molecule has 0 unspecified atom stereocenters. The maximum Gasteiger partial charge on any atom is 0.277 e. The molecule has 0 fully saturated rings. The van der Waals surface area contributed by atoms with Crippen molar-refractivity contribution in [2.75, 3.05) is 20.0 Å². The van der Waals surface area contributed by atoms with Crippen molar-refractivity contribution in [2.45, 2.75) is 4.90 Å². The molecule has 6 heteroatoms. The van der Waals surface area contributed by atoms with Gasteiger partial charge in [0.1, 0.15) is 0 Å². The molecule has 2 aromatic rings. The summed E-state index contributed by atoms with van der Waals surface area (Å²) >= 11 is 1.67. The summed E-state index contributed by atoms with van der Waals surface area (Å²) in [5.74, 6) is 0.757. The van der Waals surface area contributed by atoms with Gasteiger partial charge in [-0.3, -0.25) is 4.79 Å². The first kappa shape index (κ1) is 16.9. The summed E-state index contributed by atoms with van der Waals surface area (Å²) in [6, 6.07) is 15.0. The quantitative estimate of drug-likeness (QED) is 0.482. The van der Waals surface area contributed by atoms with E-state index in [4.69, 9.17) is 9.47 Å². The Labute approximate surface area is 139 Å². The second-order valence-corrected chi connectivity index (χ2v) is 5.39. The van der Waals surface area contributed by atoms with Crippen LogP contribution >= 0.6 is 11.8 Å². The molecule has 0 aromatic heterocycles. The molecule has 0 aliphatic rings. The van der Waals surface area contributed by atoms with Crippen molar-refractivity contribution in [1.29, 1.82) is 0 Å². The van der Waals surface area contributed by atoms with Crippen LogP contribution in [0.5, 0.6) is 11.5 Å². The van der Waals surface area contributed by atoms with Gasteiger partial charge in [-0.15, -0.1) is 11.8 Å². The molecule has 0 saturated heterocycles. The molecule has 0 aliphatic heterocycles. The first-order valence-corrected chi connectivity index (χ1v) is 8.17. The average Bonchev–Trinajstić information content (AvgIpc) is 2.60. The molecule has 0 atom stereocenters. The molecule has 0 bridgehead atoms. The molecular weight excluding hydrogens is 312 g/mol. The third-order valence-electron chi connectivity index (χ3n) is 2.95. The standard InChI is InChI=1S/C17H18N2O3S/c1-21-15-5-3-4-6-16(15)22-12-17(20)19-18-11-13-7-9-14(23-2)10-8-13/h3-11H,12H2,1-2H3,(H,19,20). The molecule has 1 amide bonds. The highest BCUT2D eigenvalue weighted by Gasteiger charge is 2.05. The van der Waals surface area contributed by atoms with E-state index in [9.17, 15) is 4.79 Å². The zero-order chi connectivity index (χ0) is 16.5. The van der Waals surface area contributed by atoms with E-state index in [0.29, 0.717) is 11.5 Å². The molecule has 0 aliphatic carbocycles. The van der Waals surface area contributed by atoms with E-state index >= 15 is 0 Å². The third-order valence-corrected chi connectivity index (χ3v) is 3.69. The van der Waals surface area contributed by atoms with Crippen LogP contribution in [-0.2, 0) is 4.79 Å². The van der Waals surface area contributed by atoms with E-state index in [2.05, 4.69) is 10.5 Å². The molecule has 5 nitrogen and oxygen atoms in total. The SMILES string of the molecule is COc1ccccc1OCC(=O)NN=Cc1ccc(SC)cc1. The van der Waals surface area contributed by atoms with Crippen molar-refractivity contribution in [3.05, 3.63) is 54.1 Å². The summed E-state index contributed by atoms with van der Waals surface area (Å²) < 4.78 is 10.6. The van der Waals surface area contributed by atoms with Gasteiger partial charge in [0.05, 0.1) is 13.3 Å². The van der Waals surface area contributed by atoms with Gasteiger partial charge in [-0.1, -0.05) is 24.3 Å². The van der Waals surface area contributed by atoms with Gasteiger partial charge in [0, 0.05) is 4.90 Å². The lowest BCUT2D eigenvalue weighted by Gasteiger charge is -2.09. The molecule has 1 N–H and O–H groups in total. The highest BCUT2D eigenvalue weighted by Crippen LogP contribution is 2.25. The van der Waals surface area contributed by atoms with Crippen molar-refractivity contribution in [3.8, 4) is 11.5 Å². The zero-order valence-corrected chi connectivity index (χ0v) is 13.8. The van der Waals surface area contributed by atoms with Crippen LogP contribution in [0.15, 0.2) is 58.5 Å². The number of hydrogen-bond acceptors (Lipinski definition) is 5. The van der Waals surface area contributed by atoms with E-state index in [-0.39, 0.29) is 12.5 Å². The monoisotopic (exact) mass is 330 g/mol. The van der Waals surface area contributed by atoms with Crippen molar-refractivity contribution < 1.29 is 14.3 Å². The highest BCUT2D eigenvalue weighted by atomic mass is 32.2. The number of benzene rings is 2. The Kier molecular flexibility index (Phi) is 6.50. The smallest absolute Gasteiger partial charge is 0.277 e. The number of methoxy groups -OCH3 is 1. The number of nitrogens with zero attached hydrogens (tertiary/aromatic N) is 1. The van der Waals surface area contributed by atoms with E-state index in [1.165, 1.54) is 4.90 Å². The molecule has 120 valence electrons. The predicted molar refractivity (Wildman–Crippen MR) is 92.4 cm³/mol. The summed E-state index contributed by atoms with van der Waals surface area (Å²) in [6.45, 7) is -0.136. The van der Waals surface area contributed by atoms with Crippen molar-refractivity contribution >= 4 is 23.9 Å². The third kappa shape index (κ3) is 5.34. The van der Waals surface area contributed by atoms with Crippen molar-refractivity contribution in [3.63, 3.8) is 0 Å². The summed E-state index contributed by atoms with van der Waals surface area (Å²) in [5.41, 5.74) is 3.34. The number of carbonyl (C=O) groups is 1. The minimum atomic E-state index is -0.340. The second kappa shape index (κ2) is 8.85. The number of carbonyl (C=O) groups excluding carboxylic acids is 1. The summed E-state index contributed by atoms with van der Waals surface area (Å²) in [6.07, 6.45) is 3.61. The number of thioether (sulfide) groups is 1. The highest BCUT2D eigenvalue weighted by molar-refractivity contribution is 7.98. The number of hydrogen-bond donors (Lipinski definition) is 1. The minimum Gasteiger partial charge on any atom is -0.493 e. The van der Waals surface area contributed by atoms with Crippen molar-refractivity contribution in [2.24, 2.45) is 5.10 Å². The largest absolute Gasteiger partial charge is 0.493 e. The maximum absolute atomic E-state index is 11.7. The number of hydrazone groups is 1. The topological polar surface area (TPSA) is 59.9 Å². The Morgan fingerprint density at radius 1 is 1.17 bits per heavy atom. The maximum atomic E-state index is 11.7. The Morgan fingerprint density at radius 3 is 2.52 bits per heavy atom. The summed E-state index contributed by atoms with van der Waals surface area (Å²) in [7, 11) is 1.55. The molecule has 0 radical (unpaired) electrons. The van der Waals surface area contributed by atoms with E-state index in [1.54, 1.807) is 37.2 Å². The number of para-hydroxylation sites is 2. The number of nitrogens with one attached hydrogen (secondary N) is 1. The predicted octanol–water partition coefficient (Wildman–Crippen LogP) is 2.95. The molecule has 0 saturated carbocycles. The fourth-order valence-electron chi connectivity index (χ4n) is 1.78. The molecule has 23 heavy (non-hydrogen) atoms. The molecular formula is C17H18N2O3S. The van der Waals surface area contributed by atoms with Gasteiger partial charge < -0.3 is 9.47 Å². The van der Waals surface area contributed by atoms with Gasteiger partial charge in [-0.2, -0.15) is 5.10 Å². The Balaban J connectivity index is 1.81. The van der Waals surface area contributed by atoms with Crippen LogP contribution in [0, 0.1) is 0 Å². The Bertz CT molecular complexity index is 672. The number of ether oxygens (including phenoxy) is 2. The van der Waals surface area contributed by atoms with Crippen LogP contribution in [0.1, 0.15) is 5.56 Å².